The van der Waals surface area contributed by atoms with E-state index in [1.165, 1.54) is 0 Å². The summed E-state index contributed by atoms with van der Waals surface area (Å²) in [6.45, 7) is 2.57. The summed E-state index contributed by atoms with van der Waals surface area (Å²) in [5.74, 6) is 1.27. The van der Waals surface area contributed by atoms with Gasteiger partial charge in [0.2, 0.25) is 6.79 Å². The zero-order chi connectivity index (χ0) is 17.4. The van der Waals surface area contributed by atoms with E-state index in [0.717, 1.165) is 29.7 Å². The molecule has 3 aliphatic rings. The molecule has 1 N–H and O–H groups in total. The van der Waals surface area contributed by atoms with Crippen molar-refractivity contribution in [1.29, 1.82) is 0 Å². The van der Waals surface area contributed by atoms with E-state index in [1.54, 1.807) is 19.1 Å². The van der Waals surface area contributed by atoms with E-state index in [0.29, 0.717) is 18.1 Å². The molecule has 0 spiro atoms. The number of fused-ring (bicyclic) bond motifs is 1. The number of urea groups is 1. The van der Waals surface area contributed by atoms with Gasteiger partial charge in [-0.05, 0) is 43.9 Å². The lowest BCUT2D eigenvalue weighted by atomic mass is 10.0. The highest BCUT2D eigenvalue weighted by molar-refractivity contribution is 5.93. The minimum Gasteiger partial charge on any atom is -0.454 e. The van der Waals surface area contributed by atoms with E-state index in [1.807, 2.05) is 6.07 Å². The molecule has 25 heavy (non-hydrogen) atoms. The fourth-order valence-electron chi connectivity index (χ4n) is 3.33. The van der Waals surface area contributed by atoms with Gasteiger partial charge in [0.1, 0.15) is 12.3 Å². The SMILES string of the molecule is C[C@@H]1[C@@H](c2ccc3c(c2)OCO3)OC(=O)N1C(=O)NC1CCCCO1. The number of imide groups is 1. The van der Waals surface area contributed by atoms with Crippen LogP contribution in [-0.2, 0) is 9.47 Å². The third-order valence-electron chi connectivity index (χ3n) is 4.68. The average Bonchev–Trinajstić information content (AvgIpc) is 3.19. The topological polar surface area (TPSA) is 86.3 Å². The number of ether oxygens (including phenoxy) is 4. The Morgan fingerprint density at radius 1 is 1.24 bits per heavy atom. The van der Waals surface area contributed by atoms with Gasteiger partial charge in [0.25, 0.3) is 0 Å². The van der Waals surface area contributed by atoms with Crippen molar-refractivity contribution < 1.29 is 28.5 Å². The molecule has 8 heteroatoms. The maximum absolute atomic E-state index is 12.5. The van der Waals surface area contributed by atoms with Gasteiger partial charge in [-0.1, -0.05) is 6.07 Å². The van der Waals surface area contributed by atoms with Gasteiger partial charge < -0.3 is 24.3 Å². The van der Waals surface area contributed by atoms with Crippen molar-refractivity contribution in [3.05, 3.63) is 23.8 Å². The molecule has 0 aromatic heterocycles. The number of rotatable bonds is 2. The number of nitrogens with one attached hydrogen (secondary N) is 1. The summed E-state index contributed by atoms with van der Waals surface area (Å²) in [4.78, 5) is 25.8. The minimum atomic E-state index is -0.663. The Bertz CT molecular complexity index is 688. The summed E-state index contributed by atoms with van der Waals surface area (Å²) >= 11 is 0. The van der Waals surface area contributed by atoms with Gasteiger partial charge in [-0.15, -0.1) is 0 Å². The van der Waals surface area contributed by atoms with Crippen LogP contribution in [0.25, 0.3) is 0 Å². The number of benzene rings is 1. The first-order valence-electron chi connectivity index (χ1n) is 8.45. The number of cyclic esters (lactones) is 1. The van der Waals surface area contributed by atoms with Crippen molar-refractivity contribution in [3.63, 3.8) is 0 Å². The molecular formula is C17H20N2O6. The second kappa shape index (κ2) is 6.44. The fourth-order valence-corrected chi connectivity index (χ4v) is 3.33. The third kappa shape index (κ3) is 2.97. The van der Waals surface area contributed by atoms with Gasteiger partial charge in [0.05, 0.1) is 6.04 Å². The van der Waals surface area contributed by atoms with Crippen LogP contribution in [0.1, 0.15) is 37.9 Å². The molecule has 0 aliphatic carbocycles. The Morgan fingerprint density at radius 2 is 2.08 bits per heavy atom. The summed E-state index contributed by atoms with van der Waals surface area (Å²) in [5, 5.41) is 2.75. The molecule has 3 heterocycles. The number of carbonyl (C=O) groups excluding carboxylic acids is 2. The first kappa shape index (κ1) is 16.0. The van der Waals surface area contributed by atoms with E-state index in [2.05, 4.69) is 5.32 Å². The van der Waals surface area contributed by atoms with Crippen LogP contribution in [0.4, 0.5) is 9.59 Å². The first-order chi connectivity index (χ1) is 12.1. The first-order valence-corrected chi connectivity index (χ1v) is 8.45. The van der Waals surface area contributed by atoms with Crippen LogP contribution in [-0.4, -0.2) is 42.7 Å². The lowest BCUT2D eigenvalue weighted by Gasteiger charge is -2.26. The number of nitrogens with zero attached hydrogens (tertiary/aromatic N) is 1. The Hall–Kier alpha value is -2.48. The van der Waals surface area contributed by atoms with Crippen LogP contribution in [0.3, 0.4) is 0 Å². The smallest absolute Gasteiger partial charge is 0.419 e. The summed E-state index contributed by atoms with van der Waals surface area (Å²) in [6, 6.07) is 4.43. The zero-order valence-electron chi connectivity index (χ0n) is 13.9. The molecule has 4 rings (SSSR count). The lowest BCUT2D eigenvalue weighted by molar-refractivity contribution is -0.0000140. The van der Waals surface area contributed by atoms with Gasteiger partial charge in [0, 0.05) is 6.61 Å². The molecule has 2 saturated heterocycles. The van der Waals surface area contributed by atoms with E-state index < -0.39 is 24.3 Å². The molecule has 1 aromatic rings. The maximum atomic E-state index is 12.5. The van der Waals surface area contributed by atoms with Crippen LogP contribution in [0, 0.1) is 0 Å². The Balaban J connectivity index is 1.47. The summed E-state index contributed by atoms with van der Waals surface area (Å²) in [7, 11) is 0. The molecule has 2 fully saturated rings. The van der Waals surface area contributed by atoms with Crippen LogP contribution in [0.15, 0.2) is 18.2 Å². The standard InChI is InChI=1S/C17H20N2O6/c1-10-15(11-5-6-12-13(8-11)24-9-23-12)25-17(21)19(10)16(20)18-14-4-2-3-7-22-14/h5-6,8,10,14-15H,2-4,7,9H2,1H3,(H,18,20)/t10-,14?,15+/m1/s1. The predicted molar refractivity (Wildman–Crippen MR) is 85.2 cm³/mol. The maximum Gasteiger partial charge on any atom is 0.419 e. The second-order valence-electron chi connectivity index (χ2n) is 6.33. The highest BCUT2D eigenvalue weighted by atomic mass is 16.7. The Morgan fingerprint density at radius 3 is 2.88 bits per heavy atom. The van der Waals surface area contributed by atoms with Gasteiger partial charge in [-0.2, -0.15) is 0 Å². The number of carbonyl (C=O) groups is 2. The molecule has 3 atom stereocenters. The summed E-state index contributed by atoms with van der Waals surface area (Å²) in [6.07, 6.45) is 1.15. The van der Waals surface area contributed by atoms with E-state index >= 15 is 0 Å². The van der Waals surface area contributed by atoms with Crippen molar-refractivity contribution in [2.45, 2.75) is 44.6 Å². The van der Waals surface area contributed by atoms with Gasteiger partial charge in [0.15, 0.2) is 11.5 Å². The largest absolute Gasteiger partial charge is 0.454 e. The highest BCUT2D eigenvalue weighted by Gasteiger charge is 2.44. The molecule has 134 valence electrons. The predicted octanol–water partition coefficient (Wildman–Crippen LogP) is 2.53. The van der Waals surface area contributed by atoms with Crippen LogP contribution < -0.4 is 14.8 Å². The zero-order valence-corrected chi connectivity index (χ0v) is 13.9. The van der Waals surface area contributed by atoms with Crippen molar-refractivity contribution in [2.24, 2.45) is 0 Å². The number of hydrogen-bond acceptors (Lipinski definition) is 6. The van der Waals surface area contributed by atoms with Crippen molar-refractivity contribution in [3.8, 4) is 11.5 Å². The minimum absolute atomic E-state index is 0.175. The molecule has 8 nitrogen and oxygen atoms in total. The molecule has 0 bridgehead atoms. The average molecular weight is 348 g/mol. The van der Waals surface area contributed by atoms with Crippen LogP contribution in [0.5, 0.6) is 11.5 Å². The van der Waals surface area contributed by atoms with E-state index in [-0.39, 0.29) is 13.0 Å². The fraction of sp³-hybridized carbons (Fsp3) is 0.529. The van der Waals surface area contributed by atoms with Crippen molar-refractivity contribution in [1.82, 2.24) is 10.2 Å². The van der Waals surface area contributed by atoms with Crippen molar-refractivity contribution >= 4 is 12.1 Å². The summed E-state index contributed by atoms with van der Waals surface area (Å²) in [5.41, 5.74) is 0.759. The Kier molecular flexibility index (Phi) is 4.12. The molecule has 1 aromatic carbocycles. The third-order valence-corrected chi connectivity index (χ3v) is 4.68. The monoisotopic (exact) mass is 348 g/mol. The van der Waals surface area contributed by atoms with Crippen LogP contribution >= 0.6 is 0 Å². The molecule has 3 aliphatic heterocycles. The summed E-state index contributed by atoms with van der Waals surface area (Å²) < 4.78 is 21.6. The lowest BCUT2D eigenvalue weighted by Crippen LogP contribution is -2.49. The quantitative estimate of drug-likeness (QED) is 0.884. The van der Waals surface area contributed by atoms with Crippen molar-refractivity contribution in [2.75, 3.05) is 13.4 Å². The van der Waals surface area contributed by atoms with E-state index in [9.17, 15) is 9.59 Å². The highest BCUT2D eigenvalue weighted by Crippen LogP contribution is 2.39. The molecular weight excluding hydrogens is 328 g/mol. The number of hydrogen-bond donors (Lipinski definition) is 1. The normalized spacial score (nSPS) is 28.0. The Labute approximate surface area is 145 Å². The molecule has 0 radical (unpaired) electrons. The second-order valence-corrected chi connectivity index (χ2v) is 6.33. The van der Waals surface area contributed by atoms with Gasteiger partial charge >= 0.3 is 12.1 Å². The molecule has 0 saturated carbocycles. The van der Waals surface area contributed by atoms with Crippen LogP contribution in [0.2, 0.25) is 0 Å². The van der Waals surface area contributed by atoms with E-state index in [4.69, 9.17) is 18.9 Å². The van der Waals surface area contributed by atoms with Gasteiger partial charge in [-0.3, -0.25) is 0 Å². The molecule has 1 unspecified atom stereocenters. The van der Waals surface area contributed by atoms with Gasteiger partial charge in [-0.25, -0.2) is 14.5 Å². The number of amides is 3. The molecule has 3 amide bonds.